The van der Waals surface area contributed by atoms with Crippen molar-refractivity contribution in [2.45, 2.75) is 38.6 Å². The van der Waals surface area contributed by atoms with E-state index in [0.29, 0.717) is 5.92 Å². The van der Waals surface area contributed by atoms with Crippen LogP contribution in [0.5, 0.6) is 0 Å². The Kier molecular flexibility index (Phi) is 3.95. The molecule has 0 fully saturated rings. The largest absolute Gasteiger partial charge is 0.312 e. The van der Waals surface area contributed by atoms with E-state index in [-0.39, 0.29) is 0 Å². The molecule has 0 bridgehead atoms. The molecule has 0 saturated heterocycles. The Morgan fingerprint density at radius 3 is 3.16 bits per heavy atom. The van der Waals surface area contributed by atoms with Gasteiger partial charge in [0.2, 0.25) is 0 Å². The van der Waals surface area contributed by atoms with Gasteiger partial charge in [0.15, 0.2) is 0 Å². The van der Waals surface area contributed by atoms with E-state index < -0.39 is 0 Å². The Hall–Kier alpha value is -1.19. The third-order valence-electron chi connectivity index (χ3n) is 3.73. The summed E-state index contributed by atoms with van der Waals surface area (Å²) in [6.07, 6.45) is 5.64. The fourth-order valence-corrected chi connectivity index (χ4v) is 3.81. The minimum atomic E-state index is 0.529. The topological polar surface area (TPSA) is 24.9 Å². The van der Waals surface area contributed by atoms with Gasteiger partial charge in [-0.25, -0.2) is 4.98 Å². The third-order valence-corrected chi connectivity index (χ3v) is 4.84. The highest BCUT2D eigenvalue weighted by molar-refractivity contribution is 7.11. The highest BCUT2D eigenvalue weighted by Gasteiger charge is 2.25. The number of hydrogen-bond donors (Lipinski definition) is 1. The van der Waals surface area contributed by atoms with Crippen molar-refractivity contribution in [3.8, 4) is 0 Å². The summed E-state index contributed by atoms with van der Waals surface area (Å²) < 4.78 is 0. The van der Waals surface area contributed by atoms with Crippen molar-refractivity contribution in [2.75, 3.05) is 6.54 Å². The molecule has 1 heterocycles. The van der Waals surface area contributed by atoms with Crippen molar-refractivity contribution in [3.05, 3.63) is 51.5 Å². The number of thiazole rings is 1. The number of aromatic nitrogens is 1. The molecule has 2 nitrogen and oxygen atoms in total. The maximum atomic E-state index is 4.65. The first-order valence-corrected chi connectivity index (χ1v) is 7.93. The van der Waals surface area contributed by atoms with Crippen LogP contribution in [0.2, 0.25) is 0 Å². The van der Waals surface area contributed by atoms with Crippen LogP contribution in [0.25, 0.3) is 0 Å². The summed E-state index contributed by atoms with van der Waals surface area (Å²) in [4.78, 5) is 6.01. The van der Waals surface area contributed by atoms with E-state index in [1.54, 1.807) is 0 Å². The summed E-state index contributed by atoms with van der Waals surface area (Å²) in [5.41, 5.74) is 3.00. The van der Waals surface area contributed by atoms with Gasteiger partial charge in [0.25, 0.3) is 0 Å². The lowest BCUT2D eigenvalue weighted by Crippen LogP contribution is -2.12. The van der Waals surface area contributed by atoms with Crippen LogP contribution in [0, 0.1) is 0 Å². The summed E-state index contributed by atoms with van der Waals surface area (Å²) >= 11 is 1.87. The van der Waals surface area contributed by atoms with E-state index in [0.717, 1.165) is 13.1 Å². The van der Waals surface area contributed by atoms with Gasteiger partial charge in [0.1, 0.15) is 5.01 Å². The number of aryl methyl sites for hydroxylation is 1. The molecule has 100 valence electrons. The lowest BCUT2D eigenvalue weighted by atomic mass is 10.0. The van der Waals surface area contributed by atoms with Crippen molar-refractivity contribution >= 4 is 11.3 Å². The van der Waals surface area contributed by atoms with Gasteiger partial charge in [0, 0.05) is 23.5 Å². The lowest BCUT2D eigenvalue weighted by Gasteiger charge is -2.07. The van der Waals surface area contributed by atoms with Gasteiger partial charge < -0.3 is 5.32 Å². The first kappa shape index (κ1) is 12.8. The molecular weight excluding hydrogens is 252 g/mol. The van der Waals surface area contributed by atoms with Crippen molar-refractivity contribution < 1.29 is 0 Å². The second-order valence-corrected chi connectivity index (χ2v) is 6.28. The number of benzene rings is 1. The maximum absolute atomic E-state index is 4.65. The van der Waals surface area contributed by atoms with Gasteiger partial charge in [-0.15, -0.1) is 11.3 Å². The molecule has 1 aliphatic rings. The van der Waals surface area contributed by atoms with Crippen LogP contribution in [0.1, 0.15) is 46.7 Å². The second-order valence-electron chi connectivity index (χ2n) is 5.13. The molecule has 0 saturated carbocycles. The Morgan fingerprint density at radius 2 is 2.26 bits per heavy atom. The van der Waals surface area contributed by atoms with Gasteiger partial charge in [-0.2, -0.15) is 0 Å². The predicted octanol–water partition coefficient (Wildman–Crippen LogP) is 3.72. The molecule has 1 aromatic carbocycles. The predicted molar refractivity (Wildman–Crippen MR) is 80.7 cm³/mol. The Labute approximate surface area is 118 Å². The van der Waals surface area contributed by atoms with Gasteiger partial charge in [-0.05, 0) is 36.9 Å². The SMILES string of the molecule is CCCNCc1cnc(C2CCc3ccccc32)s1. The van der Waals surface area contributed by atoms with E-state index in [2.05, 4.69) is 41.5 Å². The fourth-order valence-electron chi connectivity index (χ4n) is 2.77. The summed E-state index contributed by atoms with van der Waals surface area (Å²) in [6, 6.07) is 8.81. The molecular formula is C16H20N2S. The number of nitrogens with one attached hydrogen (secondary N) is 1. The van der Waals surface area contributed by atoms with E-state index in [4.69, 9.17) is 0 Å². The summed E-state index contributed by atoms with van der Waals surface area (Å²) in [5, 5.41) is 4.73. The number of rotatable bonds is 5. The highest BCUT2D eigenvalue weighted by atomic mass is 32.1. The maximum Gasteiger partial charge on any atom is 0.100 e. The fraction of sp³-hybridized carbons (Fsp3) is 0.438. The summed E-state index contributed by atoms with van der Waals surface area (Å²) in [6.45, 7) is 4.24. The second kappa shape index (κ2) is 5.85. The van der Waals surface area contributed by atoms with Crippen molar-refractivity contribution in [2.24, 2.45) is 0 Å². The quantitative estimate of drug-likeness (QED) is 0.839. The van der Waals surface area contributed by atoms with E-state index in [1.165, 1.54) is 40.3 Å². The van der Waals surface area contributed by atoms with Crippen LogP contribution < -0.4 is 5.32 Å². The number of fused-ring (bicyclic) bond motifs is 1. The molecule has 1 aromatic heterocycles. The smallest absolute Gasteiger partial charge is 0.100 e. The molecule has 3 rings (SSSR count). The molecule has 19 heavy (non-hydrogen) atoms. The van der Waals surface area contributed by atoms with Crippen LogP contribution in [-0.4, -0.2) is 11.5 Å². The average Bonchev–Trinajstić information content (AvgIpc) is 3.05. The summed E-state index contributed by atoms with van der Waals surface area (Å²) in [7, 11) is 0. The zero-order chi connectivity index (χ0) is 13.1. The molecule has 0 spiro atoms. The molecule has 3 heteroatoms. The standard InChI is InChI=1S/C16H20N2S/c1-2-9-17-10-13-11-18-16(19-13)15-8-7-12-5-3-4-6-14(12)15/h3-6,11,15,17H,2,7-10H2,1H3. The monoisotopic (exact) mass is 272 g/mol. The Bertz CT molecular complexity index is 547. The van der Waals surface area contributed by atoms with Crippen molar-refractivity contribution in [1.82, 2.24) is 10.3 Å². The molecule has 0 aliphatic heterocycles. The number of nitrogens with zero attached hydrogens (tertiary/aromatic N) is 1. The molecule has 0 amide bonds. The minimum Gasteiger partial charge on any atom is -0.312 e. The Morgan fingerprint density at radius 1 is 1.37 bits per heavy atom. The first-order valence-electron chi connectivity index (χ1n) is 7.11. The van der Waals surface area contributed by atoms with Crippen LogP contribution in [0.15, 0.2) is 30.5 Å². The zero-order valence-corrected chi connectivity index (χ0v) is 12.2. The molecule has 0 radical (unpaired) electrons. The van der Waals surface area contributed by atoms with Crippen LogP contribution in [-0.2, 0) is 13.0 Å². The zero-order valence-electron chi connectivity index (χ0n) is 11.4. The molecule has 1 N–H and O–H groups in total. The van der Waals surface area contributed by atoms with Gasteiger partial charge in [-0.3, -0.25) is 0 Å². The highest BCUT2D eigenvalue weighted by Crippen LogP contribution is 2.39. The van der Waals surface area contributed by atoms with Gasteiger partial charge in [-0.1, -0.05) is 31.2 Å². The minimum absolute atomic E-state index is 0.529. The van der Waals surface area contributed by atoms with Crippen LogP contribution in [0.3, 0.4) is 0 Å². The van der Waals surface area contributed by atoms with Crippen molar-refractivity contribution in [3.63, 3.8) is 0 Å². The van der Waals surface area contributed by atoms with E-state index >= 15 is 0 Å². The van der Waals surface area contributed by atoms with Crippen molar-refractivity contribution in [1.29, 1.82) is 0 Å². The summed E-state index contributed by atoms with van der Waals surface area (Å²) in [5.74, 6) is 0.529. The van der Waals surface area contributed by atoms with E-state index in [9.17, 15) is 0 Å². The van der Waals surface area contributed by atoms with Crippen LogP contribution in [0.4, 0.5) is 0 Å². The molecule has 1 aliphatic carbocycles. The Balaban J connectivity index is 1.74. The molecule has 1 atom stereocenters. The van der Waals surface area contributed by atoms with E-state index in [1.807, 2.05) is 17.5 Å². The lowest BCUT2D eigenvalue weighted by molar-refractivity contribution is 0.681. The number of hydrogen-bond acceptors (Lipinski definition) is 3. The normalized spacial score (nSPS) is 17.6. The molecule has 2 aromatic rings. The first-order chi connectivity index (χ1) is 9.38. The van der Waals surface area contributed by atoms with Crippen LogP contribution >= 0.6 is 11.3 Å². The van der Waals surface area contributed by atoms with Gasteiger partial charge in [0.05, 0.1) is 0 Å². The third kappa shape index (κ3) is 2.72. The average molecular weight is 272 g/mol. The molecule has 1 unspecified atom stereocenters. The van der Waals surface area contributed by atoms with Gasteiger partial charge >= 0.3 is 0 Å².